The lowest BCUT2D eigenvalue weighted by molar-refractivity contribution is -0.0224. The molecule has 9 nitrogen and oxygen atoms in total. The second-order valence-corrected chi connectivity index (χ2v) is 8.57. The Labute approximate surface area is 201 Å². The zero-order valence-corrected chi connectivity index (χ0v) is 19.0. The minimum atomic E-state index is -0.167. The molecule has 0 aliphatic carbocycles. The van der Waals surface area contributed by atoms with Crippen LogP contribution < -0.4 is 5.32 Å². The van der Waals surface area contributed by atoms with Crippen LogP contribution in [0.5, 0.6) is 0 Å². The van der Waals surface area contributed by atoms with Crippen molar-refractivity contribution >= 4 is 28.4 Å². The first-order chi connectivity index (χ1) is 17.1. The van der Waals surface area contributed by atoms with E-state index in [1.807, 2.05) is 0 Å². The van der Waals surface area contributed by atoms with E-state index in [0.29, 0.717) is 40.1 Å². The zero-order chi connectivity index (χ0) is 24.2. The topological polar surface area (TPSA) is 130 Å². The Balaban J connectivity index is 1.34. The Bertz CT molecular complexity index is 1330. The molecule has 0 radical (unpaired) electrons. The quantitative estimate of drug-likeness (QED) is 0.335. The van der Waals surface area contributed by atoms with Crippen LogP contribution in [0.25, 0.3) is 11.0 Å². The van der Waals surface area contributed by atoms with Gasteiger partial charge in [0, 0.05) is 36.1 Å². The van der Waals surface area contributed by atoms with Gasteiger partial charge in [-0.2, -0.15) is 0 Å². The average Bonchev–Trinajstić information content (AvgIpc) is 3.35. The second kappa shape index (κ2) is 10.1. The van der Waals surface area contributed by atoms with E-state index in [1.54, 1.807) is 55.0 Å². The van der Waals surface area contributed by atoms with Crippen LogP contribution in [0, 0.1) is 0 Å². The van der Waals surface area contributed by atoms with Crippen LogP contribution in [0.15, 0.2) is 61.3 Å². The van der Waals surface area contributed by atoms with Crippen LogP contribution in [0.2, 0.25) is 0 Å². The molecule has 1 aromatic carbocycles. The average molecular weight is 472 g/mol. The maximum Gasteiger partial charge on any atom is 0.195 e. The van der Waals surface area contributed by atoms with Crippen LogP contribution in [-0.2, 0) is 11.2 Å². The number of rotatable bonds is 8. The number of H-pyrrole nitrogens is 1. The number of nitrogens with zero attached hydrogens (tertiary/aromatic N) is 3. The molecule has 0 amide bonds. The first-order valence-corrected chi connectivity index (χ1v) is 11.5. The Kier molecular flexibility index (Phi) is 6.60. The highest BCUT2D eigenvalue weighted by Gasteiger charge is 2.24. The van der Waals surface area contributed by atoms with Crippen molar-refractivity contribution in [1.29, 1.82) is 0 Å². The van der Waals surface area contributed by atoms with E-state index in [4.69, 9.17) is 4.74 Å². The lowest BCUT2D eigenvalue weighted by atomic mass is 9.99. The van der Waals surface area contributed by atoms with Gasteiger partial charge in [0.2, 0.25) is 0 Å². The van der Waals surface area contributed by atoms with Gasteiger partial charge in [-0.1, -0.05) is 24.3 Å². The van der Waals surface area contributed by atoms with Gasteiger partial charge in [0.15, 0.2) is 11.6 Å². The molecule has 1 aliphatic rings. The van der Waals surface area contributed by atoms with Gasteiger partial charge in [0.25, 0.3) is 0 Å². The van der Waals surface area contributed by atoms with Crippen LogP contribution in [0.4, 0.5) is 5.82 Å². The number of pyridine rings is 1. The molecule has 0 bridgehead atoms. The van der Waals surface area contributed by atoms with Gasteiger partial charge in [-0.25, -0.2) is 9.97 Å². The fourth-order valence-corrected chi connectivity index (χ4v) is 4.25. The largest absolute Gasteiger partial charge is 0.394 e. The second-order valence-electron chi connectivity index (χ2n) is 8.57. The van der Waals surface area contributed by atoms with E-state index in [1.165, 1.54) is 6.33 Å². The predicted octanol–water partition coefficient (Wildman–Crippen LogP) is 2.96. The van der Waals surface area contributed by atoms with Gasteiger partial charge in [-0.05, 0) is 30.5 Å². The lowest BCUT2D eigenvalue weighted by Crippen LogP contribution is -2.36. The van der Waals surface area contributed by atoms with E-state index in [-0.39, 0.29) is 36.7 Å². The van der Waals surface area contributed by atoms with Gasteiger partial charge in [0.05, 0.1) is 36.3 Å². The third-order valence-electron chi connectivity index (χ3n) is 6.19. The molecule has 0 unspecified atom stereocenters. The zero-order valence-electron chi connectivity index (χ0n) is 19.0. The molecule has 1 saturated heterocycles. The number of ketones is 2. The van der Waals surface area contributed by atoms with Crippen molar-refractivity contribution in [2.24, 2.45) is 0 Å². The van der Waals surface area contributed by atoms with Crippen molar-refractivity contribution in [2.75, 3.05) is 18.5 Å². The number of aliphatic hydroxyl groups is 1. The first-order valence-electron chi connectivity index (χ1n) is 11.5. The fourth-order valence-electron chi connectivity index (χ4n) is 4.25. The third kappa shape index (κ3) is 4.96. The summed E-state index contributed by atoms with van der Waals surface area (Å²) in [5, 5.41) is 13.3. The van der Waals surface area contributed by atoms with E-state index in [9.17, 15) is 14.7 Å². The molecule has 35 heavy (non-hydrogen) atoms. The Morgan fingerprint density at radius 3 is 2.69 bits per heavy atom. The molecular weight excluding hydrogens is 446 g/mol. The smallest absolute Gasteiger partial charge is 0.195 e. The number of carbonyl (C=O) groups is 2. The number of benzene rings is 1. The summed E-state index contributed by atoms with van der Waals surface area (Å²) >= 11 is 0. The van der Waals surface area contributed by atoms with Crippen LogP contribution >= 0.6 is 0 Å². The van der Waals surface area contributed by atoms with Crippen molar-refractivity contribution in [3.05, 3.63) is 83.6 Å². The Hall–Kier alpha value is -3.95. The molecule has 178 valence electrons. The molecule has 9 heteroatoms. The summed E-state index contributed by atoms with van der Waals surface area (Å²) in [6.45, 7) is 0.459. The molecule has 4 aromatic rings. The maximum atomic E-state index is 13.4. The number of nitrogens with one attached hydrogen (secondary N) is 2. The van der Waals surface area contributed by atoms with Crippen molar-refractivity contribution in [2.45, 2.75) is 31.4 Å². The number of aliphatic hydroxyl groups excluding tert-OH is 1. The predicted molar refractivity (Wildman–Crippen MR) is 130 cm³/mol. The number of fused-ring (bicyclic) bond motifs is 1. The monoisotopic (exact) mass is 471 g/mol. The lowest BCUT2D eigenvalue weighted by Gasteiger charge is -2.29. The van der Waals surface area contributed by atoms with E-state index < -0.39 is 0 Å². The van der Waals surface area contributed by atoms with Gasteiger partial charge in [-0.3, -0.25) is 14.6 Å². The van der Waals surface area contributed by atoms with Crippen LogP contribution in [0.3, 0.4) is 0 Å². The fraction of sp³-hybridized carbons (Fsp3) is 0.269. The molecule has 5 rings (SSSR count). The summed E-state index contributed by atoms with van der Waals surface area (Å²) in [6.07, 6.45) is 7.94. The minimum absolute atomic E-state index is 0.0113. The summed E-state index contributed by atoms with van der Waals surface area (Å²) < 4.78 is 5.66. The minimum Gasteiger partial charge on any atom is -0.394 e. The molecule has 1 aliphatic heterocycles. The first kappa shape index (κ1) is 22.8. The SMILES string of the molecule is O=C(Cc1ccc(C(=O)c2c[nH]c3ncnc(N[C@@H]4CC[C@@H](CO)OC4)c23)cc1)c1cccnc1. The molecule has 2 atom stereocenters. The van der Waals surface area contributed by atoms with Crippen molar-refractivity contribution in [3.8, 4) is 0 Å². The summed E-state index contributed by atoms with van der Waals surface area (Å²) in [5.74, 6) is 0.368. The molecule has 1 fully saturated rings. The number of aromatic nitrogens is 4. The summed E-state index contributed by atoms with van der Waals surface area (Å²) in [4.78, 5) is 41.5. The molecule has 3 N–H and O–H groups in total. The Morgan fingerprint density at radius 2 is 1.97 bits per heavy atom. The third-order valence-corrected chi connectivity index (χ3v) is 6.19. The van der Waals surface area contributed by atoms with Crippen LogP contribution in [0.1, 0.15) is 44.7 Å². The number of aromatic amines is 1. The molecule has 0 saturated carbocycles. The molecule has 4 heterocycles. The van der Waals surface area contributed by atoms with Gasteiger partial charge in [-0.15, -0.1) is 0 Å². The van der Waals surface area contributed by atoms with Gasteiger partial charge >= 0.3 is 0 Å². The van der Waals surface area contributed by atoms with E-state index in [0.717, 1.165) is 18.4 Å². The van der Waals surface area contributed by atoms with Crippen molar-refractivity contribution < 1.29 is 19.4 Å². The highest BCUT2D eigenvalue weighted by molar-refractivity contribution is 6.18. The molecule has 3 aromatic heterocycles. The van der Waals surface area contributed by atoms with Gasteiger partial charge < -0.3 is 20.1 Å². The highest BCUT2D eigenvalue weighted by Crippen LogP contribution is 2.27. The summed E-state index contributed by atoms with van der Waals surface area (Å²) in [5.41, 5.74) is 2.91. The van der Waals surface area contributed by atoms with Crippen LogP contribution in [-0.4, -0.2) is 62.0 Å². The molecule has 0 spiro atoms. The number of hydrogen-bond donors (Lipinski definition) is 3. The van der Waals surface area contributed by atoms with Crippen molar-refractivity contribution in [1.82, 2.24) is 19.9 Å². The normalized spacial score (nSPS) is 17.9. The molecular formula is C26H25N5O4. The summed E-state index contributed by atoms with van der Waals surface area (Å²) in [7, 11) is 0. The maximum absolute atomic E-state index is 13.4. The van der Waals surface area contributed by atoms with Gasteiger partial charge in [0.1, 0.15) is 17.8 Å². The number of carbonyl (C=O) groups excluding carboxylic acids is 2. The summed E-state index contributed by atoms with van der Waals surface area (Å²) in [6, 6.07) is 10.5. The number of ether oxygens (including phenoxy) is 1. The van der Waals surface area contributed by atoms with Crippen molar-refractivity contribution in [3.63, 3.8) is 0 Å². The van der Waals surface area contributed by atoms with E-state index in [2.05, 4.69) is 25.3 Å². The Morgan fingerprint density at radius 1 is 1.11 bits per heavy atom. The number of hydrogen-bond acceptors (Lipinski definition) is 8. The number of Topliss-reactive ketones (excluding diaryl/α,β-unsaturated/α-hetero) is 1. The van der Waals surface area contributed by atoms with E-state index >= 15 is 0 Å². The number of anilines is 1. The standard InChI is InChI=1S/C26H25N5O4/c32-13-20-8-7-19(14-35-20)31-26-23-21(12-28-25(23)29-15-30-26)24(34)17-5-3-16(4-6-17)10-22(33)18-2-1-9-27-11-18/h1-6,9,11-12,15,19-20,32H,7-8,10,13-14H2,(H2,28,29,30,31)/t19-,20+/m1/s1. The highest BCUT2D eigenvalue weighted by atomic mass is 16.5.